The summed E-state index contributed by atoms with van der Waals surface area (Å²) in [6, 6.07) is 16.8. The number of para-hydroxylation sites is 1. The van der Waals surface area contributed by atoms with E-state index in [4.69, 9.17) is 4.98 Å². The van der Waals surface area contributed by atoms with Gasteiger partial charge in [0, 0.05) is 13.0 Å². The van der Waals surface area contributed by atoms with E-state index in [1.54, 1.807) is 11.3 Å². The number of aryl methyl sites for hydroxylation is 2. The van der Waals surface area contributed by atoms with Crippen molar-refractivity contribution in [3.8, 4) is 0 Å². The lowest BCUT2D eigenvalue weighted by molar-refractivity contribution is -0.132. The number of hydrogen-bond acceptors (Lipinski definition) is 3. The van der Waals surface area contributed by atoms with Crippen molar-refractivity contribution in [3.05, 3.63) is 64.7 Å². The van der Waals surface area contributed by atoms with Crippen LogP contribution < -0.4 is 0 Å². The maximum absolute atomic E-state index is 12.8. The van der Waals surface area contributed by atoms with Crippen molar-refractivity contribution in [2.24, 2.45) is 0 Å². The van der Waals surface area contributed by atoms with Gasteiger partial charge in [-0.2, -0.15) is 0 Å². The molecule has 128 valence electrons. The van der Waals surface area contributed by atoms with E-state index in [2.05, 4.69) is 37.3 Å². The quantitative estimate of drug-likeness (QED) is 0.670. The minimum Gasteiger partial charge on any atom is -0.333 e. The van der Waals surface area contributed by atoms with Crippen LogP contribution in [0.3, 0.4) is 0 Å². The molecule has 0 spiro atoms. The van der Waals surface area contributed by atoms with Crippen LogP contribution in [0.1, 0.15) is 41.4 Å². The number of benzene rings is 2. The summed E-state index contributed by atoms with van der Waals surface area (Å²) in [4.78, 5) is 19.6. The van der Waals surface area contributed by atoms with Crippen LogP contribution in [0.4, 0.5) is 0 Å². The number of hydrogen-bond donors (Lipinski definition) is 0. The molecule has 0 bridgehead atoms. The van der Waals surface area contributed by atoms with Crippen molar-refractivity contribution in [1.82, 2.24) is 9.88 Å². The van der Waals surface area contributed by atoms with Crippen LogP contribution in [-0.2, 0) is 11.2 Å². The molecule has 1 fully saturated rings. The number of carbonyl (C=O) groups is 1. The molecule has 1 aliphatic rings. The van der Waals surface area contributed by atoms with Gasteiger partial charge in [-0.3, -0.25) is 4.79 Å². The second kappa shape index (κ2) is 6.96. The van der Waals surface area contributed by atoms with Gasteiger partial charge in [-0.25, -0.2) is 4.98 Å². The average Bonchev–Trinajstić information content (AvgIpc) is 3.26. The van der Waals surface area contributed by atoms with Crippen molar-refractivity contribution in [2.75, 3.05) is 6.54 Å². The highest BCUT2D eigenvalue weighted by Gasteiger charge is 2.31. The van der Waals surface area contributed by atoms with Crippen LogP contribution in [0.15, 0.2) is 48.5 Å². The first-order chi connectivity index (χ1) is 12.2. The molecule has 1 unspecified atom stereocenters. The van der Waals surface area contributed by atoms with Crippen LogP contribution in [0, 0.1) is 6.92 Å². The summed E-state index contributed by atoms with van der Waals surface area (Å²) < 4.78 is 1.21. The second-order valence-electron chi connectivity index (χ2n) is 6.75. The zero-order valence-corrected chi connectivity index (χ0v) is 15.3. The molecule has 0 radical (unpaired) electrons. The lowest BCUT2D eigenvalue weighted by atomic mass is 10.1. The molecule has 0 N–H and O–H groups in total. The van der Waals surface area contributed by atoms with Crippen LogP contribution >= 0.6 is 11.3 Å². The fourth-order valence-electron chi connectivity index (χ4n) is 3.62. The fourth-order valence-corrected chi connectivity index (χ4v) is 4.73. The number of rotatable bonds is 4. The van der Waals surface area contributed by atoms with E-state index in [-0.39, 0.29) is 11.9 Å². The van der Waals surface area contributed by atoms with E-state index in [1.165, 1.54) is 15.8 Å². The SMILES string of the molecule is Cc1cccc(CCC(=O)N2CCCC2c2nc3ccccc3s2)c1. The molecule has 2 aromatic carbocycles. The predicted molar refractivity (Wildman–Crippen MR) is 103 cm³/mol. The molecule has 1 aromatic heterocycles. The largest absolute Gasteiger partial charge is 0.333 e. The predicted octanol–water partition coefficient (Wildman–Crippen LogP) is 4.90. The molecule has 0 saturated carbocycles. The number of likely N-dealkylation sites (tertiary alicyclic amines) is 1. The lowest BCUT2D eigenvalue weighted by Gasteiger charge is -2.23. The van der Waals surface area contributed by atoms with Gasteiger partial charge in [0.15, 0.2) is 0 Å². The van der Waals surface area contributed by atoms with Crippen molar-refractivity contribution in [2.45, 2.75) is 38.6 Å². The minimum absolute atomic E-state index is 0.155. The molecule has 1 aliphatic heterocycles. The van der Waals surface area contributed by atoms with Crippen molar-refractivity contribution >= 4 is 27.5 Å². The highest BCUT2D eigenvalue weighted by molar-refractivity contribution is 7.18. The Morgan fingerprint density at radius 1 is 1.24 bits per heavy atom. The average molecular weight is 350 g/mol. The number of nitrogens with zero attached hydrogens (tertiary/aromatic N) is 2. The molecule has 4 rings (SSSR count). The highest BCUT2D eigenvalue weighted by atomic mass is 32.1. The van der Waals surface area contributed by atoms with Crippen LogP contribution in [0.2, 0.25) is 0 Å². The Morgan fingerprint density at radius 2 is 2.12 bits per heavy atom. The number of carbonyl (C=O) groups excluding carboxylic acids is 1. The Kier molecular flexibility index (Phi) is 4.53. The second-order valence-corrected chi connectivity index (χ2v) is 7.82. The zero-order chi connectivity index (χ0) is 17.2. The van der Waals surface area contributed by atoms with Gasteiger partial charge in [-0.15, -0.1) is 11.3 Å². The van der Waals surface area contributed by atoms with Crippen molar-refractivity contribution in [1.29, 1.82) is 0 Å². The Labute approximate surface area is 152 Å². The van der Waals surface area contributed by atoms with Gasteiger partial charge >= 0.3 is 0 Å². The fraction of sp³-hybridized carbons (Fsp3) is 0.333. The van der Waals surface area contributed by atoms with Gasteiger partial charge in [0.25, 0.3) is 0 Å². The van der Waals surface area contributed by atoms with Gasteiger partial charge in [0.2, 0.25) is 5.91 Å². The topological polar surface area (TPSA) is 33.2 Å². The molecule has 0 aliphatic carbocycles. The number of aromatic nitrogens is 1. The third kappa shape index (κ3) is 3.45. The maximum atomic E-state index is 12.8. The van der Waals surface area contributed by atoms with Gasteiger partial charge in [-0.05, 0) is 43.9 Å². The maximum Gasteiger partial charge on any atom is 0.223 e. The minimum atomic E-state index is 0.155. The Balaban J connectivity index is 1.47. The van der Waals surface area contributed by atoms with Crippen molar-refractivity contribution < 1.29 is 4.79 Å². The third-order valence-electron chi connectivity index (χ3n) is 4.88. The van der Waals surface area contributed by atoms with Crippen LogP contribution in [0.25, 0.3) is 10.2 Å². The normalized spacial score (nSPS) is 17.3. The van der Waals surface area contributed by atoms with Crippen LogP contribution in [-0.4, -0.2) is 22.3 Å². The van der Waals surface area contributed by atoms with Gasteiger partial charge in [0.05, 0.1) is 16.3 Å². The van der Waals surface area contributed by atoms with E-state index in [1.807, 2.05) is 23.1 Å². The standard InChI is InChI=1S/C21H22N2OS/c1-15-6-4-7-16(14-15)11-12-20(24)23-13-5-9-18(23)21-22-17-8-2-3-10-19(17)25-21/h2-4,6-8,10,14,18H,5,9,11-13H2,1H3. The zero-order valence-electron chi connectivity index (χ0n) is 14.4. The summed E-state index contributed by atoms with van der Waals surface area (Å²) >= 11 is 1.73. The summed E-state index contributed by atoms with van der Waals surface area (Å²) in [5.41, 5.74) is 3.53. The summed E-state index contributed by atoms with van der Waals surface area (Å²) in [7, 11) is 0. The Hall–Kier alpha value is -2.20. The van der Waals surface area contributed by atoms with Crippen LogP contribution in [0.5, 0.6) is 0 Å². The summed E-state index contributed by atoms with van der Waals surface area (Å²) in [5, 5.41) is 1.09. The lowest BCUT2D eigenvalue weighted by Crippen LogP contribution is -2.30. The molecular formula is C21H22N2OS. The highest BCUT2D eigenvalue weighted by Crippen LogP contribution is 2.36. The summed E-state index contributed by atoms with van der Waals surface area (Å²) in [6.07, 6.45) is 3.47. The summed E-state index contributed by atoms with van der Waals surface area (Å²) in [6.45, 7) is 2.95. The van der Waals surface area contributed by atoms with E-state index in [9.17, 15) is 4.79 Å². The molecule has 1 amide bonds. The molecule has 4 heteroatoms. The van der Waals surface area contributed by atoms with Crippen molar-refractivity contribution in [3.63, 3.8) is 0 Å². The van der Waals surface area contributed by atoms with E-state index >= 15 is 0 Å². The first-order valence-electron chi connectivity index (χ1n) is 8.91. The molecule has 25 heavy (non-hydrogen) atoms. The third-order valence-corrected chi connectivity index (χ3v) is 6.02. The summed E-state index contributed by atoms with van der Waals surface area (Å²) in [5.74, 6) is 0.253. The molecular weight excluding hydrogens is 328 g/mol. The molecule has 2 heterocycles. The van der Waals surface area contributed by atoms with E-state index in [0.29, 0.717) is 6.42 Å². The smallest absolute Gasteiger partial charge is 0.223 e. The molecule has 3 nitrogen and oxygen atoms in total. The number of fused-ring (bicyclic) bond motifs is 1. The van der Waals surface area contributed by atoms with Gasteiger partial charge in [0.1, 0.15) is 5.01 Å². The molecule has 3 aromatic rings. The molecule has 1 atom stereocenters. The Morgan fingerprint density at radius 3 is 2.96 bits per heavy atom. The Bertz CT molecular complexity index is 869. The first-order valence-corrected chi connectivity index (χ1v) is 9.73. The van der Waals surface area contributed by atoms with E-state index in [0.717, 1.165) is 36.3 Å². The monoisotopic (exact) mass is 350 g/mol. The molecule has 1 saturated heterocycles. The first kappa shape index (κ1) is 16.3. The van der Waals surface area contributed by atoms with Gasteiger partial charge in [-0.1, -0.05) is 42.0 Å². The number of thiazole rings is 1. The number of amides is 1. The van der Waals surface area contributed by atoms with E-state index < -0.39 is 0 Å². The van der Waals surface area contributed by atoms with Gasteiger partial charge < -0.3 is 4.90 Å².